The zero-order valence-corrected chi connectivity index (χ0v) is 10.7. The number of carboxylic acid groups (broad SMARTS) is 1. The van der Waals surface area contributed by atoms with Crippen molar-refractivity contribution in [2.75, 3.05) is 6.54 Å². The van der Waals surface area contributed by atoms with E-state index in [1.165, 1.54) is 15.6 Å². The minimum absolute atomic E-state index is 0.361. The highest BCUT2D eigenvalue weighted by molar-refractivity contribution is 7.17. The molecular weight excluding hydrogens is 246 g/mol. The van der Waals surface area contributed by atoms with E-state index in [4.69, 9.17) is 5.11 Å². The second-order valence-electron chi connectivity index (χ2n) is 4.86. The van der Waals surface area contributed by atoms with Gasteiger partial charge in [0.05, 0.1) is 0 Å². The van der Waals surface area contributed by atoms with Crippen LogP contribution in [-0.4, -0.2) is 23.7 Å². The first kappa shape index (κ1) is 11.7. The van der Waals surface area contributed by atoms with Crippen LogP contribution < -0.4 is 5.32 Å². The first-order valence-corrected chi connectivity index (χ1v) is 7.03. The summed E-state index contributed by atoms with van der Waals surface area (Å²) in [5.74, 6) is -0.295. The van der Waals surface area contributed by atoms with Crippen LogP contribution >= 0.6 is 11.3 Å². The molecule has 2 N–H and O–H groups in total. The summed E-state index contributed by atoms with van der Waals surface area (Å²) in [6, 6.07) is 8.04. The van der Waals surface area contributed by atoms with Gasteiger partial charge in [-0.15, -0.1) is 11.3 Å². The highest BCUT2D eigenvalue weighted by Gasteiger charge is 2.29. The van der Waals surface area contributed by atoms with Crippen molar-refractivity contribution in [3.05, 3.63) is 35.2 Å². The van der Waals surface area contributed by atoms with Crippen LogP contribution in [0.4, 0.5) is 0 Å². The Morgan fingerprint density at radius 3 is 3.06 bits per heavy atom. The molecule has 1 fully saturated rings. The summed E-state index contributed by atoms with van der Waals surface area (Å²) < 4.78 is 1.31. The largest absolute Gasteiger partial charge is 0.480 e. The number of aliphatic carboxylic acids is 1. The molecule has 1 unspecified atom stereocenters. The fourth-order valence-electron chi connectivity index (χ4n) is 2.65. The summed E-state index contributed by atoms with van der Waals surface area (Å²) >= 11 is 1.77. The molecule has 1 aromatic heterocycles. The van der Waals surface area contributed by atoms with E-state index >= 15 is 0 Å². The Bertz CT molecular complexity index is 578. The van der Waals surface area contributed by atoms with Gasteiger partial charge in [0.15, 0.2) is 0 Å². The van der Waals surface area contributed by atoms with E-state index in [1.807, 2.05) is 0 Å². The maximum absolute atomic E-state index is 10.9. The van der Waals surface area contributed by atoms with Crippen LogP contribution in [0.3, 0.4) is 0 Å². The molecule has 94 valence electrons. The lowest BCUT2D eigenvalue weighted by Crippen LogP contribution is -2.29. The molecule has 2 atom stereocenters. The molecule has 0 spiro atoms. The van der Waals surface area contributed by atoms with Crippen LogP contribution in [0.2, 0.25) is 0 Å². The lowest BCUT2D eigenvalue weighted by atomic mass is 9.96. The smallest absolute Gasteiger partial charge is 0.320 e. The van der Waals surface area contributed by atoms with E-state index in [0.717, 1.165) is 19.4 Å². The van der Waals surface area contributed by atoms with E-state index < -0.39 is 5.97 Å². The van der Waals surface area contributed by atoms with Gasteiger partial charge in [-0.05, 0) is 47.7 Å². The lowest BCUT2D eigenvalue weighted by molar-refractivity contribution is -0.139. The van der Waals surface area contributed by atoms with E-state index in [1.54, 1.807) is 11.3 Å². The van der Waals surface area contributed by atoms with Gasteiger partial charge in [-0.1, -0.05) is 18.2 Å². The fourth-order valence-corrected chi connectivity index (χ4v) is 3.63. The number of carbonyl (C=O) groups is 1. The Labute approximate surface area is 109 Å². The molecule has 1 aliphatic heterocycles. The van der Waals surface area contributed by atoms with Gasteiger partial charge < -0.3 is 10.4 Å². The average molecular weight is 261 g/mol. The second kappa shape index (κ2) is 4.71. The lowest BCUT2D eigenvalue weighted by Gasteiger charge is -2.07. The van der Waals surface area contributed by atoms with Crippen molar-refractivity contribution in [1.82, 2.24) is 5.32 Å². The van der Waals surface area contributed by atoms with E-state index in [-0.39, 0.29) is 6.04 Å². The van der Waals surface area contributed by atoms with Crippen LogP contribution in [0.1, 0.15) is 12.0 Å². The Morgan fingerprint density at radius 2 is 2.28 bits per heavy atom. The van der Waals surface area contributed by atoms with Gasteiger partial charge in [-0.25, -0.2) is 0 Å². The third-order valence-corrected chi connectivity index (χ3v) is 4.60. The Hall–Kier alpha value is -1.39. The van der Waals surface area contributed by atoms with Crippen molar-refractivity contribution in [1.29, 1.82) is 0 Å². The molecule has 3 nitrogen and oxygen atoms in total. The molecule has 0 amide bonds. The first-order valence-electron chi connectivity index (χ1n) is 6.15. The number of fused-ring (bicyclic) bond motifs is 1. The summed E-state index contributed by atoms with van der Waals surface area (Å²) in [6.07, 6.45) is 1.71. The summed E-state index contributed by atoms with van der Waals surface area (Å²) in [5, 5.41) is 15.6. The number of nitrogens with one attached hydrogen (secondary N) is 1. The number of benzene rings is 1. The third kappa shape index (κ3) is 2.13. The Balaban J connectivity index is 1.76. The summed E-state index contributed by atoms with van der Waals surface area (Å²) in [5.41, 5.74) is 1.36. The standard InChI is InChI=1S/C14H15NO2S/c16-14(17)12-6-9(7-15-12)5-10-8-18-13-4-2-1-3-11(10)13/h1-4,8-9,12,15H,5-7H2,(H,16,17)/t9?,12-/m0/s1. The topological polar surface area (TPSA) is 49.3 Å². The summed E-state index contributed by atoms with van der Waals surface area (Å²) in [6.45, 7) is 0.807. The molecule has 0 radical (unpaired) electrons. The zero-order valence-electron chi connectivity index (χ0n) is 9.93. The third-order valence-electron chi connectivity index (χ3n) is 3.59. The highest BCUT2D eigenvalue weighted by atomic mass is 32.1. The minimum Gasteiger partial charge on any atom is -0.480 e. The molecule has 4 heteroatoms. The average Bonchev–Trinajstić information content (AvgIpc) is 2.98. The molecule has 1 aromatic carbocycles. The Kier molecular flexibility index (Phi) is 3.06. The second-order valence-corrected chi connectivity index (χ2v) is 5.77. The van der Waals surface area contributed by atoms with E-state index in [9.17, 15) is 4.79 Å². The zero-order chi connectivity index (χ0) is 12.5. The molecular formula is C14H15NO2S. The first-order chi connectivity index (χ1) is 8.74. The van der Waals surface area contributed by atoms with Gasteiger partial charge in [0.25, 0.3) is 0 Å². The summed E-state index contributed by atoms with van der Waals surface area (Å²) in [4.78, 5) is 10.9. The van der Waals surface area contributed by atoms with Crippen molar-refractivity contribution in [2.45, 2.75) is 18.9 Å². The van der Waals surface area contributed by atoms with Crippen LogP contribution in [0.25, 0.3) is 10.1 Å². The molecule has 1 aliphatic rings. The normalized spacial score (nSPS) is 23.6. The number of thiophene rings is 1. The van der Waals surface area contributed by atoms with E-state index in [2.05, 4.69) is 35.0 Å². The van der Waals surface area contributed by atoms with Crippen molar-refractivity contribution in [3.8, 4) is 0 Å². The molecule has 18 heavy (non-hydrogen) atoms. The van der Waals surface area contributed by atoms with Gasteiger partial charge in [0.1, 0.15) is 6.04 Å². The minimum atomic E-state index is -0.729. The molecule has 1 saturated heterocycles. The monoisotopic (exact) mass is 261 g/mol. The van der Waals surface area contributed by atoms with Crippen molar-refractivity contribution >= 4 is 27.4 Å². The van der Waals surface area contributed by atoms with Gasteiger partial charge in [0, 0.05) is 4.70 Å². The van der Waals surface area contributed by atoms with Gasteiger partial charge >= 0.3 is 5.97 Å². The van der Waals surface area contributed by atoms with Gasteiger partial charge in [-0.3, -0.25) is 4.79 Å². The van der Waals surface area contributed by atoms with Crippen molar-refractivity contribution < 1.29 is 9.90 Å². The number of carboxylic acids is 1. The number of hydrogen-bond donors (Lipinski definition) is 2. The SMILES string of the molecule is O=C(O)[C@@H]1CC(Cc2csc3ccccc23)CN1. The number of rotatable bonds is 3. The quantitative estimate of drug-likeness (QED) is 0.892. The fraction of sp³-hybridized carbons (Fsp3) is 0.357. The van der Waals surface area contributed by atoms with Crippen LogP contribution in [-0.2, 0) is 11.2 Å². The Morgan fingerprint density at radius 1 is 1.44 bits per heavy atom. The molecule has 2 aromatic rings. The van der Waals surface area contributed by atoms with Gasteiger partial charge in [0.2, 0.25) is 0 Å². The summed E-state index contributed by atoms with van der Waals surface area (Å²) in [7, 11) is 0. The number of hydrogen-bond acceptors (Lipinski definition) is 3. The van der Waals surface area contributed by atoms with E-state index in [0.29, 0.717) is 5.92 Å². The van der Waals surface area contributed by atoms with Crippen LogP contribution in [0, 0.1) is 5.92 Å². The maximum atomic E-state index is 10.9. The predicted molar refractivity (Wildman–Crippen MR) is 73.1 cm³/mol. The highest BCUT2D eigenvalue weighted by Crippen LogP contribution is 2.29. The van der Waals surface area contributed by atoms with Gasteiger partial charge in [-0.2, -0.15) is 0 Å². The molecule has 0 saturated carbocycles. The molecule has 2 heterocycles. The maximum Gasteiger partial charge on any atom is 0.320 e. The van der Waals surface area contributed by atoms with Crippen LogP contribution in [0.5, 0.6) is 0 Å². The molecule has 3 rings (SSSR count). The van der Waals surface area contributed by atoms with Crippen LogP contribution in [0.15, 0.2) is 29.6 Å². The molecule has 0 aliphatic carbocycles. The van der Waals surface area contributed by atoms with Crippen molar-refractivity contribution in [3.63, 3.8) is 0 Å². The van der Waals surface area contributed by atoms with Crippen molar-refractivity contribution in [2.24, 2.45) is 5.92 Å². The predicted octanol–water partition coefficient (Wildman–Crippen LogP) is 2.51. The molecule has 0 bridgehead atoms.